The number of fused-ring (bicyclic) bond motifs is 1. The Bertz CT molecular complexity index is 1110. The first-order valence-electron chi connectivity index (χ1n) is 6.57. The van der Waals surface area contributed by atoms with Gasteiger partial charge in [0.15, 0.2) is 5.75 Å². The van der Waals surface area contributed by atoms with E-state index in [4.69, 9.17) is 28.3 Å². The first-order valence-corrected chi connectivity index (χ1v) is 9.60. The van der Waals surface area contributed by atoms with Crippen molar-refractivity contribution in [2.75, 3.05) is 0 Å². The molecule has 0 saturated carbocycles. The summed E-state index contributed by atoms with van der Waals surface area (Å²) in [6.07, 6.45) is 0. The lowest BCUT2D eigenvalue weighted by molar-refractivity contribution is 0.476. The number of phenols is 1. The topological polar surface area (TPSA) is 131 Å². The maximum absolute atomic E-state index is 11.7. The van der Waals surface area contributed by atoms with Gasteiger partial charge in [-0.15, -0.1) is 5.11 Å². The average Bonchev–Trinajstić information content (AvgIpc) is 2.99. The Morgan fingerprint density at radius 2 is 1.72 bits per heavy atom. The Hall–Kier alpha value is -1.85. The molecule has 0 unspecified atom stereocenters. The average molecular weight is 418 g/mol. The number of rotatable bonds is 3. The van der Waals surface area contributed by atoms with Crippen LogP contribution in [0.3, 0.4) is 0 Å². The molecular formula is C13H9Cl2N5O3S2. The molecule has 130 valence electrons. The second-order valence-electron chi connectivity index (χ2n) is 5.00. The molecule has 0 bridgehead atoms. The Morgan fingerprint density at radius 1 is 1.12 bits per heavy atom. The third-order valence-corrected chi connectivity index (χ3v) is 5.27. The van der Waals surface area contributed by atoms with E-state index < -0.39 is 10.0 Å². The van der Waals surface area contributed by atoms with Gasteiger partial charge in [0.05, 0.1) is 27.5 Å². The van der Waals surface area contributed by atoms with Gasteiger partial charge in [-0.25, -0.2) is 13.6 Å². The van der Waals surface area contributed by atoms with Crippen molar-refractivity contribution in [2.45, 2.75) is 11.8 Å². The number of aryl methyl sites for hydroxylation is 1. The number of hydrogen-bond acceptors (Lipinski definition) is 8. The molecule has 0 aliphatic heterocycles. The Labute approximate surface area is 156 Å². The molecule has 3 rings (SSSR count). The van der Waals surface area contributed by atoms with Crippen molar-refractivity contribution in [3.05, 3.63) is 33.8 Å². The lowest BCUT2D eigenvalue weighted by Gasteiger charge is -2.05. The minimum absolute atomic E-state index is 0.0308. The summed E-state index contributed by atoms with van der Waals surface area (Å²) in [4.78, 5) is -0.122. The summed E-state index contributed by atoms with van der Waals surface area (Å²) in [5, 5.41) is 23.0. The van der Waals surface area contributed by atoms with Gasteiger partial charge >= 0.3 is 0 Å². The van der Waals surface area contributed by atoms with Gasteiger partial charge in [-0.3, -0.25) is 0 Å². The van der Waals surface area contributed by atoms with Gasteiger partial charge in [-0.05, 0) is 30.7 Å². The van der Waals surface area contributed by atoms with E-state index in [0.717, 1.165) is 11.7 Å². The molecule has 25 heavy (non-hydrogen) atoms. The van der Waals surface area contributed by atoms with Crippen LogP contribution in [0.15, 0.2) is 33.3 Å². The van der Waals surface area contributed by atoms with E-state index in [-0.39, 0.29) is 31.7 Å². The van der Waals surface area contributed by atoms with E-state index in [0.29, 0.717) is 16.9 Å². The van der Waals surface area contributed by atoms with Crippen molar-refractivity contribution in [2.24, 2.45) is 15.4 Å². The molecule has 3 aromatic rings. The van der Waals surface area contributed by atoms with Crippen LogP contribution in [-0.2, 0) is 10.0 Å². The number of nitrogens with zero attached hydrogens (tertiary/aromatic N) is 4. The Morgan fingerprint density at radius 3 is 2.32 bits per heavy atom. The molecule has 12 heteroatoms. The smallest absolute Gasteiger partial charge is 0.240 e. The van der Waals surface area contributed by atoms with Crippen LogP contribution in [0.25, 0.3) is 11.0 Å². The van der Waals surface area contributed by atoms with Gasteiger partial charge < -0.3 is 5.11 Å². The number of benzene rings is 2. The third-order valence-electron chi connectivity index (χ3n) is 3.24. The number of hydrogen-bond donors (Lipinski definition) is 2. The van der Waals surface area contributed by atoms with Crippen molar-refractivity contribution in [3.8, 4) is 5.75 Å². The Balaban J connectivity index is 2.15. The molecule has 3 N–H and O–H groups in total. The molecule has 0 fully saturated rings. The minimum Gasteiger partial charge on any atom is -0.505 e. The van der Waals surface area contributed by atoms with Crippen LogP contribution < -0.4 is 5.14 Å². The maximum atomic E-state index is 11.7. The van der Waals surface area contributed by atoms with Crippen LogP contribution in [0.1, 0.15) is 5.56 Å². The molecule has 2 aromatic carbocycles. The Kier molecular flexibility index (Phi) is 4.64. The van der Waals surface area contributed by atoms with Crippen LogP contribution in [0.4, 0.5) is 11.4 Å². The van der Waals surface area contributed by atoms with E-state index in [2.05, 4.69) is 19.0 Å². The summed E-state index contributed by atoms with van der Waals surface area (Å²) >= 11 is 12.5. The van der Waals surface area contributed by atoms with E-state index in [1.54, 1.807) is 6.92 Å². The molecule has 0 atom stereocenters. The van der Waals surface area contributed by atoms with Gasteiger partial charge in [0, 0.05) is 0 Å². The fraction of sp³-hybridized carbons (Fsp3) is 0.0769. The van der Waals surface area contributed by atoms with Gasteiger partial charge in [-0.2, -0.15) is 13.9 Å². The van der Waals surface area contributed by atoms with Crippen LogP contribution in [0, 0.1) is 6.92 Å². The predicted molar refractivity (Wildman–Crippen MR) is 95.8 cm³/mol. The molecule has 1 aromatic heterocycles. The monoisotopic (exact) mass is 417 g/mol. The summed E-state index contributed by atoms with van der Waals surface area (Å²) in [6.45, 7) is 1.65. The SMILES string of the molecule is Cc1cc(S(N)(=O)=O)c2nsnc2c1N=Nc1cc(Cl)c(O)c(Cl)c1. The predicted octanol–water partition coefficient (Wildman–Crippen LogP) is 4.07. The van der Waals surface area contributed by atoms with Crippen molar-refractivity contribution in [1.29, 1.82) is 0 Å². The highest BCUT2D eigenvalue weighted by Gasteiger charge is 2.20. The van der Waals surface area contributed by atoms with Gasteiger partial charge in [-0.1, -0.05) is 23.2 Å². The summed E-state index contributed by atoms with van der Waals surface area (Å²) in [5.41, 5.74) is 1.56. The fourth-order valence-corrected chi connectivity index (χ4v) is 3.93. The molecule has 0 aliphatic carbocycles. The number of aromatic hydroxyl groups is 1. The highest BCUT2D eigenvalue weighted by Crippen LogP contribution is 2.38. The quantitative estimate of drug-likeness (QED) is 0.619. The van der Waals surface area contributed by atoms with Crippen molar-refractivity contribution in [1.82, 2.24) is 8.75 Å². The molecule has 0 aliphatic rings. The fourth-order valence-electron chi connectivity index (χ4n) is 2.09. The summed E-state index contributed by atoms with van der Waals surface area (Å²) in [5.74, 6) is -0.248. The standard InChI is InChI=1S/C13H9Cl2N5O3S2/c1-5-2-9(25(16,22)23)11-12(20-24-19-11)10(5)18-17-6-3-7(14)13(21)8(15)4-6/h2-4,21H,1H3,(H2,16,22,23). The highest BCUT2D eigenvalue weighted by atomic mass is 35.5. The van der Waals surface area contributed by atoms with E-state index in [1.165, 1.54) is 18.2 Å². The summed E-state index contributed by atoms with van der Waals surface area (Å²) < 4.78 is 31.5. The molecule has 0 spiro atoms. The van der Waals surface area contributed by atoms with Gasteiger partial charge in [0.2, 0.25) is 10.0 Å². The molecule has 0 radical (unpaired) electrons. The van der Waals surface area contributed by atoms with E-state index >= 15 is 0 Å². The first kappa shape index (κ1) is 18.0. The maximum Gasteiger partial charge on any atom is 0.240 e. The summed E-state index contributed by atoms with van der Waals surface area (Å²) in [6, 6.07) is 4.14. The minimum atomic E-state index is -3.95. The molecule has 1 heterocycles. The van der Waals surface area contributed by atoms with Gasteiger partial charge in [0.25, 0.3) is 0 Å². The van der Waals surface area contributed by atoms with Crippen LogP contribution in [0.2, 0.25) is 10.0 Å². The second-order valence-corrected chi connectivity index (χ2v) is 7.88. The molecule has 8 nitrogen and oxygen atoms in total. The van der Waals surface area contributed by atoms with Crippen LogP contribution in [-0.4, -0.2) is 22.3 Å². The van der Waals surface area contributed by atoms with Crippen molar-refractivity contribution in [3.63, 3.8) is 0 Å². The number of phenolic OH excluding ortho intramolecular Hbond substituents is 1. The van der Waals surface area contributed by atoms with Gasteiger partial charge in [0.1, 0.15) is 21.6 Å². The largest absolute Gasteiger partial charge is 0.505 e. The van der Waals surface area contributed by atoms with E-state index in [9.17, 15) is 13.5 Å². The van der Waals surface area contributed by atoms with Crippen molar-refractivity contribution < 1.29 is 13.5 Å². The lowest BCUT2D eigenvalue weighted by Crippen LogP contribution is -2.13. The van der Waals surface area contributed by atoms with E-state index in [1.807, 2.05) is 0 Å². The number of halogens is 2. The second kappa shape index (κ2) is 6.46. The number of primary sulfonamides is 1. The highest BCUT2D eigenvalue weighted by molar-refractivity contribution is 7.89. The zero-order valence-electron chi connectivity index (χ0n) is 12.4. The molecular weight excluding hydrogens is 409 g/mol. The first-order chi connectivity index (χ1) is 11.7. The third kappa shape index (κ3) is 3.44. The number of nitrogens with two attached hydrogens (primary N) is 1. The number of aromatic nitrogens is 2. The van der Waals surface area contributed by atoms with Crippen molar-refractivity contribution >= 4 is 67.4 Å². The number of azo groups is 1. The normalized spacial score (nSPS) is 12.3. The van der Waals surface area contributed by atoms with Crippen LogP contribution >= 0.6 is 34.9 Å². The molecule has 0 saturated heterocycles. The zero-order valence-corrected chi connectivity index (χ0v) is 15.6. The summed E-state index contributed by atoms with van der Waals surface area (Å²) in [7, 11) is -3.95. The zero-order chi connectivity index (χ0) is 18.4. The molecule has 0 amide bonds. The van der Waals surface area contributed by atoms with Crippen LogP contribution in [0.5, 0.6) is 5.75 Å². The number of sulfonamides is 1. The lowest BCUT2D eigenvalue weighted by atomic mass is 10.2.